The van der Waals surface area contributed by atoms with Gasteiger partial charge in [-0.2, -0.15) is 11.8 Å². The van der Waals surface area contributed by atoms with Crippen molar-refractivity contribution in [2.75, 3.05) is 12.9 Å². The van der Waals surface area contributed by atoms with E-state index in [4.69, 9.17) is 0 Å². The van der Waals surface area contributed by atoms with Gasteiger partial charge in [0.2, 0.25) is 0 Å². The zero-order valence-corrected chi connectivity index (χ0v) is 13.5. The van der Waals surface area contributed by atoms with Crippen molar-refractivity contribution in [3.63, 3.8) is 0 Å². The molecule has 1 aromatic heterocycles. The predicted octanol–water partition coefficient (Wildman–Crippen LogP) is 2.59. The summed E-state index contributed by atoms with van der Waals surface area (Å²) in [5.41, 5.74) is 2.45. The highest BCUT2D eigenvalue weighted by molar-refractivity contribution is 7.99. The first-order chi connectivity index (χ1) is 10.7. The number of rotatable bonds is 6. The van der Waals surface area contributed by atoms with Crippen LogP contribution in [0.3, 0.4) is 0 Å². The number of amides is 1. The van der Waals surface area contributed by atoms with Crippen LogP contribution in [0.2, 0.25) is 0 Å². The van der Waals surface area contributed by atoms with Crippen LogP contribution in [0, 0.1) is 0 Å². The van der Waals surface area contributed by atoms with Gasteiger partial charge in [0.15, 0.2) is 0 Å². The third-order valence-corrected chi connectivity index (χ3v) is 4.67. The molecule has 0 bridgehead atoms. The first kappa shape index (κ1) is 16.5. The Kier molecular flexibility index (Phi) is 5.98. The summed E-state index contributed by atoms with van der Waals surface area (Å²) in [6.45, 7) is 1.93. The molecule has 0 aliphatic rings. The van der Waals surface area contributed by atoms with Crippen molar-refractivity contribution in [2.45, 2.75) is 18.2 Å². The summed E-state index contributed by atoms with van der Waals surface area (Å²) in [4.78, 5) is 16.5. The molecule has 0 aliphatic carbocycles. The van der Waals surface area contributed by atoms with E-state index in [-0.39, 0.29) is 23.8 Å². The Hall–Kier alpha value is -1.85. The van der Waals surface area contributed by atoms with Crippen molar-refractivity contribution in [3.8, 4) is 11.1 Å². The minimum Gasteiger partial charge on any atom is -0.395 e. The fourth-order valence-corrected chi connectivity index (χ4v) is 2.80. The number of aliphatic hydroxyl groups is 1. The fraction of sp³-hybridized carbons (Fsp3) is 0.294. The van der Waals surface area contributed by atoms with Gasteiger partial charge >= 0.3 is 0 Å². The van der Waals surface area contributed by atoms with Crippen LogP contribution in [-0.2, 0) is 0 Å². The molecule has 2 rings (SSSR count). The van der Waals surface area contributed by atoms with Crippen molar-refractivity contribution in [3.05, 3.63) is 54.4 Å². The van der Waals surface area contributed by atoms with E-state index in [2.05, 4.69) is 10.3 Å². The van der Waals surface area contributed by atoms with E-state index in [0.717, 1.165) is 11.1 Å². The summed E-state index contributed by atoms with van der Waals surface area (Å²) in [6, 6.07) is 11.5. The smallest absolute Gasteiger partial charge is 0.253 e. The van der Waals surface area contributed by atoms with Crippen molar-refractivity contribution in [1.82, 2.24) is 10.3 Å². The van der Waals surface area contributed by atoms with E-state index in [1.165, 1.54) is 11.8 Å². The minimum absolute atomic E-state index is 0.0192. The lowest BCUT2D eigenvalue weighted by molar-refractivity contribution is 0.0935. The Morgan fingerprint density at radius 1 is 1.27 bits per heavy atom. The van der Waals surface area contributed by atoms with Crippen molar-refractivity contribution in [2.24, 2.45) is 0 Å². The Labute approximate surface area is 135 Å². The van der Waals surface area contributed by atoms with E-state index in [9.17, 15) is 9.90 Å². The predicted molar refractivity (Wildman–Crippen MR) is 91.0 cm³/mol. The first-order valence-electron chi connectivity index (χ1n) is 7.10. The van der Waals surface area contributed by atoms with Gasteiger partial charge in [0.05, 0.1) is 12.2 Å². The zero-order chi connectivity index (χ0) is 15.9. The summed E-state index contributed by atoms with van der Waals surface area (Å²) in [6.07, 6.45) is 5.22. The number of nitrogens with zero attached hydrogens (tertiary/aromatic N) is 1. The maximum atomic E-state index is 12.3. The van der Waals surface area contributed by atoms with Gasteiger partial charge in [-0.1, -0.05) is 30.3 Å². The molecular formula is C17H20N2O2S. The lowest BCUT2D eigenvalue weighted by Crippen LogP contribution is -2.41. The molecule has 0 radical (unpaired) electrons. The molecule has 0 fully saturated rings. The Morgan fingerprint density at radius 2 is 2.00 bits per heavy atom. The van der Waals surface area contributed by atoms with Crippen LogP contribution >= 0.6 is 11.8 Å². The molecular weight excluding hydrogens is 296 g/mol. The molecule has 0 aliphatic heterocycles. The maximum Gasteiger partial charge on any atom is 0.253 e. The first-order valence-corrected chi connectivity index (χ1v) is 8.39. The molecule has 2 atom stereocenters. The van der Waals surface area contributed by atoms with Crippen molar-refractivity contribution >= 4 is 17.7 Å². The molecule has 1 amide bonds. The summed E-state index contributed by atoms with van der Waals surface area (Å²) in [5.74, 6) is -0.176. The average molecular weight is 316 g/mol. The highest BCUT2D eigenvalue weighted by Gasteiger charge is 2.18. The third-order valence-electron chi connectivity index (χ3n) is 3.51. The maximum absolute atomic E-state index is 12.3. The second-order valence-electron chi connectivity index (χ2n) is 5.05. The molecule has 22 heavy (non-hydrogen) atoms. The van der Waals surface area contributed by atoms with E-state index < -0.39 is 0 Å². The van der Waals surface area contributed by atoms with E-state index in [1.54, 1.807) is 12.4 Å². The highest BCUT2D eigenvalue weighted by atomic mass is 32.2. The van der Waals surface area contributed by atoms with Crippen LogP contribution in [0.1, 0.15) is 17.3 Å². The van der Waals surface area contributed by atoms with Crippen LogP contribution in [0.4, 0.5) is 0 Å². The molecule has 2 N–H and O–H groups in total. The molecule has 2 unspecified atom stereocenters. The van der Waals surface area contributed by atoms with E-state index in [0.29, 0.717) is 5.56 Å². The monoisotopic (exact) mass is 316 g/mol. The molecule has 4 nitrogen and oxygen atoms in total. The summed E-state index contributed by atoms with van der Waals surface area (Å²) in [5, 5.41) is 12.2. The van der Waals surface area contributed by atoms with E-state index >= 15 is 0 Å². The highest BCUT2D eigenvalue weighted by Crippen LogP contribution is 2.19. The molecule has 1 heterocycles. The van der Waals surface area contributed by atoms with Gasteiger partial charge in [-0.05, 0) is 24.8 Å². The second kappa shape index (κ2) is 7.96. The minimum atomic E-state index is -0.176. The molecule has 116 valence electrons. The standard InChI is InChI=1S/C17H20N2O2S/c1-12(16(11-20)22-2)19-17(21)15-8-14(9-18-10-15)13-6-4-3-5-7-13/h3-10,12,16,20H,11H2,1-2H3,(H,19,21). The quantitative estimate of drug-likeness (QED) is 0.860. The fourth-order valence-electron chi connectivity index (χ4n) is 2.17. The number of carbonyl (C=O) groups excluding carboxylic acids is 1. The van der Waals surface area contributed by atoms with Crippen molar-refractivity contribution < 1.29 is 9.90 Å². The lowest BCUT2D eigenvalue weighted by Gasteiger charge is -2.21. The second-order valence-corrected chi connectivity index (χ2v) is 6.12. The number of carbonyl (C=O) groups is 1. The number of aliphatic hydroxyl groups excluding tert-OH is 1. The number of aromatic nitrogens is 1. The number of thioether (sulfide) groups is 1. The Bertz CT molecular complexity index is 615. The Morgan fingerprint density at radius 3 is 2.64 bits per heavy atom. The van der Waals surface area contributed by atoms with Crippen molar-refractivity contribution in [1.29, 1.82) is 0 Å². The third kappa shape index (κ3) is 4.08. The molecule has 2 aromatic rings. The van der Waals surface area contributed by atoms with Crippen LogP contribution < -0.4 is 5.32 Å². The van der Waals surface area contributed by atoms with Crippen LogP contribution in [0.15, 0.2) is 48.8 Å². The van der Waals surface area contributed by atoms with Gasteiger partial charge in [-0.25, -0.2) is 0 Å². The number of hydrogen-bond acceptors (Lipinski definition) is 4. The number of benzene rings is 1. The van der Waals surface area contributed by atoms with Gasteiger partial charge in [-0.3, -0.25) is 9.78 Å². The molecule has 0 saturated carbocycles. The van der Waals surface area contributed by atoms with Gasteiger partial charge in [0, 0.05) is 29.2 Å². The SMILES string of the molecule is CSC(CO)C(C)NC(=O)c1cncc(-c2ccccc2)c1. The average Bonchev–Trinajstić information content (AvgIpc) is 2.57. The lowest BCUT2D eigenvalue weighted by atomic mass is 10.1. The molecule has 5 heteroatoms. The van der Waals surface area contributed by atoms with Crippen LogP contribution in [0.25, 0.3) is 11.1 Å². The molecule has 0 spiro atoms. The zero-order valence-electron chi connectivity index (χ0n) is 12.7. The number of pyridine rings is 1. The Balaban J connectivity index is 2.14. The molecule has 1 aromatic carbocycles. The van der Waals surface area contributed by atoms with E-state index in [1.807, 2.05) is 49.6 Å². The van der Waals surface area contributed by atoms with Gasteiger partial charge in [0.25, 0.3) is 5.91 Å². The topological polar surface area (TPSA) is 62.2 Å². The van der Waals surface area contributed by atoms with Gasteiger partial charge < -0.3 is 10.4 Å². The number of nitrogens with one attached hydrogen (secondary N) is 1. The van der Waals surface area contributed by atoms with Gasteiger partial charge in [-0.15, -0.1) is 0 Å². The normalized spacial score (nSPS) is 13.4. The summed E-state index contributed by atoms with van der Waals surface area (Å²) < 4.78 is 0. The van der Waals surface area contributed by atoms with Crippen LogP contribution in [0.5, 0.6) is 0 Å². The summed E-state index contributed by atoms with van der Waals surface area (Å²) in [7, 11) is 0. The van der Waals surface area contributed by atoms with Crippen LogP contribution in [-0.4, -0.2) is 40.2 Å². The largest absolute Gasteiger partial charge is 0.395 e. The summed E-state index contributed by atoms with van der Waals surface area (Å²) >= 11 is 1.53. The van der Waals surface area contributed by atoms with Gasteiger partial charge in [0.1, 0.15) is 0 Å². The number of hydrogen-bond donors (Lipinski definition) is 2. The molecule has 0 saturated heterocycles.